The Morgan fingerprint density at radius 3 is 2.52 bits per heavy atom. The first-order valence-electron chi connectivity index (χ1n) is 8.31. The van der Waals surface area contributed by atoms with Crippen molar-refractivity contribution in [3.8, 4) is 11.4 Å². The molecule has 6 heteroatoms. The zero-order chi connectivity index (χ0) is 19.6. The minimum Gasteiger partial charge on any atom is -0.508 e. The molecule has 3 aromatic rings. The minimum absolute atomic E-state index is 0.0607. The van der Waals surface area contributed by atoms with Gasteiger partial charge in [-0.15, -0.1) is 0 Å². The summed E-state index contributed by atoms with van der Waals surface area (Å²) < 4.78 is 20.4. The number of aromatic hydroxyl groups is 1. The topological polar surface area (TPSA) is 68.5 Å². The van der Waals surface area contributed by atoms with Crippen LogP contribution in [0.1, 0.15) is 32.1 Å². The van der Waals surface area contributed by atoms with Crippen molar-refractivity contribution in [3.05, 3.63) is 82.9 Å². The van der Waals surface area contributed by atoms with E-state index in [2.05, 4.69) is 0 Å². The molecule has 3 rings (SSSR count). The fourth-order valence-electron chi connectivity index (χ4n) is 2.98. The van der Waals surface area contributed by atoms with Crippen molar-refractivity contribution in [2.24, 2.45) is 0 Å². The third-order valence-corrected chi connectivity index (χ3v) is 4.21. The fraction of sp³-hybridized carbons (Fsp3) is 0.143. The molecule has 138 valence electrons. The van der Waals surface area contributed by atoms with Gasteiger partial charge in [-0.25, -0.2) is 9.18 Å². The maximum Gasteiger partial charge on any atom is 0.338 e. The third-order valence-electron chi connectivity index (χ3n) is 4.21. The molecule has 0 aliphatic rings. The minimum atomic E-state index is -0.696. The van der Waals surface area contributed by atoms with Crippen LogP contribution in [-0.2, 0) is 4.74 Å². The number of phenols is 1. The van der Waals surface area contributed by atoms with Crippen molar-refractivity contribution in [2.45, 2.75) is 13.8 Å². The molecule has 27 heavy (non-hydrogen) atoms. The SMILES string of the molecule is Cc1cc(C(=O)COC(=O)c2cccc(O)c2)c(C)n1-c1cccc(F)c1. The highest BCUT2D eigenvalue weighted by atomic mass is 19.1. The number of hydrogen-bond donors (Lipinski definition) is 1. The first kappa shape index (κ1) is 18.4. The number of ether oxygens (including phenoxy) is 1. The lowest BCUT2D eigenvalue weighted by molar-refractivity contribution is 0.0474. The lowest BCUT2D eigenvalue weighted by atomic mass is 10.1. The highest BCUT2D eigenvalue weighted by molar-refractivity contribution is 6.00. The first-order chi connectivity index (χ1) is 12.9. The number of halogens is 1. The van der Waals surface area contributed by atoms with Gasteiger partial charge in [0.1, 0.15) is 11.6 Å². The van der Waals surface area contributed by atoms with Crippen LogP contribution >= 0.6 is 0 Å². The normalized spacial score (nSPS) is 10.6. The average Bonchev–Trinajstić information content (AvgIpc) is 2.93. The number of rotatable bonds is 5. The zero-order valence-corrected chi connectivity index (χ0v) is 14.9. The predicted molar refractivity (Wildman–Crippen MR) is 97.9 cm³/mol. The van der Waals surface area contributed by atoms with E-state index in [9.17, 15) is 19.1 Å². The van der Waals surface area contributed by atoms with Crippen LogP contribution in [0, 0.1) is 19.7 Å². The second kappa shape index (κ2) is 7.45. The van der Waals surface area contributed by atoms with Crippen molar-refractivity contribution in [1.29, 1.82) is 0 Å². The maximum absolute atomic E-state index is 13.5. The first-order valence-corrected chi connectivity index (χ1v) is 8.31. The van der Waals surface area contributed by atoms with E-state index < -0.39 is 12.6 Å². The Bertz CT molecular complexity index is 1020. The van der Waals surface area contributed by atoms with Gasteiger partial charge in [-0.2, -0.15) is 0 Å². The Morgan fingerprint density at radius 2 is 1.81 bits per heavy atom. The van der Waals surface area contributed by atoms with Gasteiger partial charge in [0.2, 0.25) is 5.78 Å². The van der Waals surface area contributed by atoms with Crippen molar-refractivity contribution < 1.29 is 23.8 Å². The largest absolute Gasteiger partial charge is 0.508 e. The smallest absolute Gasteiger partial charge is 0.338 e. The van der Waals surface area contributed by atoms with Crippen molar-refractivity contribution in [2.75, 3.05) is 6.61 Å². The van der Waals surface area contributed by atoms with Crippen LogP contribution in [0.5, 0.6) is 5.75 Å². The summed E-state index contributed by atoms with van der Waals surface area (Å²) in [5.41, 5.74) is 2.58. The van der Waals surface area contributed by atoms with Gasteiger partial charge in [-0.05, 0) is 56.3 Å². The highest BCUT2D eigenvalue weighted by Crippen LogP contribution is 2.22. The Morgan fingerprint density at radius 1 is 1.07 bits per heavy atom. The number of hydrogen-bond acceptors (Lipinski definition) is 4. The van der Waals surface area contributed by atoms with Crippen LogP contribution in [0.15, 0.2) is 54.6 Å². The molecule has 0 aliphatic carbocycles. The van der Waals surface area contributed by atoms with Crippen molar-refractivity contribution >= 4 is 11.8 Å². The molecule has 1 heterocycles. The molecular formula is C21H18FNO4. The molecule has 0 saturated heterocycles. The van der Waals surface area contributed by atoms with E-state index in [0.29, 0.717) is 16.9 Å². The van der Waals surface area contributed by atoms with Crippen LogP contribution in [0.25, 0.3) is 5.69 Å². The monoisotopic (exact) mass is 367 g/mol. The van der Waals surface area contributed by atoms with Crippen LogP contribution in [0.3, 0.4) is 0 Å². The van der Waals surface area contributed by atoms with Crippen molar-refractivity contribution in [1.82, 2.24) is 4.57 Å². The third kappa shape index (κ3) is 3.89. The van der Waals surface area contributed by atoms with E-state index in [4.69, 9.17) is 4.74 Å². The summed E-state index contributed by atoms with van der Waals surface area (Å²) in [4.78, 5) is 24.5. The Hall–Kier alpha value is -3.41. The van der Waals surface area contributed by atoms with E-state index in [1.807, 2.05) is 6.92 Å². The Labute approximate surface area is 155 Å². The van der Waals surface area contributed by atoms with Gasteiger partial charge in [0.25, 0.3) is 0 Å². The van der Waals surface area contributed by atoms with E-state index in [1.165, 1.54) is 36.4 Å². The molecule has 0 bridgehead atoms. The van der Waals surface area contributed by atoms with E-state index in [1.54, 1.807) is 29.7 Å². The number of benzene rings is 2. The summed E-state index contributed by atoms with van der Waals surface area (Å²) in [7, 11) is 0. The lowest BCUT2D eigenvalue weighted by Crippen LogP contribution is -2.15. The molecule has 5 nitrogen and oxygen atoms in total. The number of Topliss-reactive ketones (excluding diaryl/α,β-unsaturated/α-hetero) is 1. The molecule has 2 aromatic carbocycles. The van der Waals surface area contributed by atoms with Crippen LogP contribution in [0.2, 0.25) is 0 Å². The number of aryl methyl sites for hydroxylation is 1. The summed E-state index contributed by atoms with van der Waals surface area (Å²) in [6.45, 7) is 3.14. The maximum atomic E-state index is 13.5. The number of ketones is 1. The number of esters is 1. The van der Waals surface area contributed by atoms with E-state index >= 15 is 0 Å². The molecule has 1 aromatic heterocycles. The molecule has 0 amide bonds. The van der Waals surface area contributed by atoms with Gasteiger partial charge >= 0.3 is 5.97 Å². The quantitative estimate of drug-likeness (QED) is 0.547. The van der Waals surface area contributed by atoms with Gasteiger partial charge in [0, 0.05) is 22.6 Å². The molecule has 0 fully saturated rings. The molecule has 0 radical (unpaired) electrons. The summed E-state index contributed by atoms with van der Waals surface area (Å²) in [5, 5.41) is 9.41. The molecule has 0 aliphatic heterocycles. The standard InChI is InChI=1S/C21H18FNO4/c1-13-9-19(14(2)23(13)17-7-4-6-16(22)11-17)20(25)12-27-21(26)15-5-3-8-18(24)10-15/h3-11,24H,12H2,1-2H3. The molecule has 0 spiro atoms. The fourth-order valence-corrected chi connectivity index (χ4v) is 2.98. The van der Waals surface area contributed by atoms with Crippen LogP contribution in [0.4, 0.5) is 4.39 Å². The number of carbonyl (C=O) groups excluding carboxylic acids is 2. The highest BCUT2D eigenvalue weighted by Gasteiger charge is 2.19. The van der Waals surface area contributed by atoms with Gasteiger partial charge in [0.15, 0.2) is 6.61 Å². The number of phenolic OH excluding ortho intramolecular Hbond substituents is 1. The molecule has 0 saturated carbocycles. The number of carbonyl (C=O) groups is 2. The van der Waals surface area contributed by atoms with Crippen LogP contribution in [-0.4, -0.2) is 28.0 Å². The second-order valence-corrected chi connectivity index (χ2v) is 6.15. The predicted octanol–water partition coefficient (Wildman–Crippen LogP) is 3.98. The summed E-state index contributed by atoms with van der Waals surface area (Å²) >= 11 is 0. The Kier molecular flexibility index (Phi) is 5.07. The van der Waals surface area contributed by atoms with Crippen LogP contribution < -0.4 is 0 Å². The summed E-state index contributed by atoms with van der Waals surface area (Å²) in [5.74, 6) is -1.49. The summed E-state index contributed by atoms with van der Waals surface area (Å²) in [6.07, 6.45) is 0. The number of nitrogens with zero attached hydrogens (tertiary/aromatic N) is 1. The number of aromatic nitrogens is 1. The molecule has 0 atom stereocenters. The zero-order valence-electron chi connectivity index (χ0n) is 14.9. The molecule has 1 N–H and O–H groups in total. The van der Waals surface area contributed by atoms with Gasteiger partial charge in [-0.3, -0.25) is 4.79 Å². The van der Waals surface area contributed by atoms with E-state index in [-0.39, 0.29) is 22.9 Å². The second-order valence-electron chi connectivity index (χ2n) is 6.15. The molecular weight excluding hydrogens is 349 g/mol. The van der Waals surface area contributed by atoms with Gasteiger partial charge < -0.3 is 14.4 Å². The Balaban J connectivity index is 1.78. The van der Waals surface area contributed by atoms with Crippen molar-refractivity contribution in [3.63, 3.8) is 0 Å². The molecule has 0 unspecified atom stereocenters. The van der Waals surface area contributed by atoms with Gasteiger partial charge in [-0.1, -0.05) is 12.1 Å². The average molecular weight is 367 g/mol. The van der Waals surface area contributed by atoms with Gasteiger partial charge in [0.05, 0.1) is 5.56 Å². The summed E-state index contributed by atoms with van der Waals surface area (Å²) in [6, 6.07) is 13.5. The van der Waals surface area contributed by atoms with E-state index in [0.717, 1.165) is 5.69 Å². The lowest BCUT2D eigenvalue weighted by Gasteiger charge is -2.10.